The molecule has 1 saturated carbocycles. The lowest BCUT2D eigenvalue weighted by Crippen LogP contribution is -2.54. The molecule has 118 valence electrons. The van der Waals surface area contributed by atoms with E-state index in [4.69, 9.17) is 10.5 Å². The third kappa shape index (κ3) is 2.94. The fraction of sp³-hybridized carbons (Fsp3) is 0.692. The molecule has 2 N–H and O–H groups in total. The van der Waals surface area contributed by atoms with E-state index >= 15 is 0 Å². The predicted octanol–water partition coefficient (Wildman–Crippen LogP) is 2.30. The van der Waals surface area contributed by atoms with Gasteiger partial charge in [-0.05, 0) is 34.8 Å². The highest BCUT2D eigenvalue weighted by Crippen LogP contribution is 2.37. The van der Waals surface area contributed by atoms with Gasteiger partial charge < -0.3 is 10.5 Å². The molecular formula is C13H19BrN2O3S2. The molecule has 0 bridgehead atoms. The standard InChI is InChI=1S/C13H19BrN2O3S2/c14-13-12(7-9(8-15)20-13)21(17,18)16-5-6-19-11-4-2-1-3-10(11)16/h7,10-11H,1-6,8,15H2. The summed E-state index contributed by atoms with van der Waals surface area (Å²) in [6, 6.07) is 1.67. The third-order valence-electron chi connectivity index (χ3n) is 4.18. The van der Waals surface area contributed by atoms with Gasteiger partial charge in [-0.1, -0.05) is 12.8 Å². The van der Waals surface area contributed by atoms with Gasteiger partial charge in [-0.2, -0.15) is 4.31 Å². The molecule has 1 aromatic rings. The first-order valence-electron chi connectivity index (χ1n) is 7.16. The Bertz CT molecular complexity index is 615. The number of fused-ring (bicyclic) bond motifs is 1. The summed E-state index contributed by atoms with van der Waals surface area (Å²) in [6.07, 6.45) is 4.07. The van der Waals surface area contributed by atoms with Crippen LogP contribution in [0.1, 0.15) is 30.6 Å². The molecule has 5 nitrogen and oxygen atoms in total. The molecule has 2 heterocycles. The molecule has 2 atom stereocenters. The van der Waals surface area contributed by atoms with Crippen LogP contribution in [0.25, 0.3) is 0 Å². The van der Waals surface area contributed by atoms with Gasteiger partial charge in [-0.25, -0.2) is 8.42 Å². The van der Waals surface area contributed by atoms with Gasteiger partial charge >= 0.3 is 0 Å². The van der Waals surface area contributed by atoms with E-state index in [0.717, 1.165) is 30.6 Å². The largest absolute Gasteiger partial charge is 0.375 e. The summed E-state index contributed by atoms with van der Waals surface area (Å²) >= 11 is 4.76. The molecular weight excluding hydrogens is 376 g/mol. The van der Waals surface area contributed by atoms with Crippen LogP contribution in [0.15, 0.2) is 14.7 Å². The summed E-state index contributed by atoms with van der Waals surface area (Å²) in [7, 11) is -3.49. The summed E-state index contributed by atoms with van der Waals surface area (Å²) in [5, 5.41) is 0. The van der Waals surface area contributed by atoms with E-state index in [0.29, 0.717) is 28.4 Å². The zero-order valence-corrected chi connectivity index (χ0v) is 14.8. The lowest BCUT2D eigenvalue weighted by atomic mass is 9.91. The van der Waals surface area contributed by atoms with Gasteiger partial charge in [0, 0.05) is 18.0 Å². The Kier molecular flexibility index (Phi) is 4.73. The van der Waals surface area contributed by atoms with Crippen LogP contribution in [-0.2, 0) is 21.3 Å². The first-order chi connectivity index (χ1) is 10.0. The summed E-state index contributed by atoms with van der Waals surface area (Å²) in [5.74, 6) is 0. The molecule has 21 heavy (non-hydrogen) atoms. The number of hydrogen-bond acceptors (Lipinski definition) is 5. The molecule has 2 fully saturated rings. The molecule has 2 unspecified atom stereocenters. The zero-order valence-electron chi connectivity index (χ0n) is 11.6. The van der Waals surface area contributed by atoms with Crippen LogP contribution >= 0.6 is 27.3 Å². The molecule has 0 aromatic carbocycles. The van der Waals surface area contributed by atoms with Gasteiger partial charge in [0.25, 0.3) is 0 Å². The van der Waals surface area contributed by atoms with Gasteiger partial charge in [-0.15, -0.1) is 11.3 Å². The van der Waals surface area contributed by atoms with Gasteiger partial charge in [0.2, 0.25) is 10.0 Å². The number of sulfonamides is 1. The number of morpholine rings is 1. The van der Waals surface area contributed by atoms with E-state index in [1.165, 1.54) is 11.3 Å². The van der Waals surface area contributed by atoms with Crippen molar-refractivity contribution in [2.45, 2.75) is 49.3 Å². The molecule has 1 aliphatic heterocycles. The Labute approximate surface area is 137 Å². The topological polar surface area (TPSA) is 72.6 Å². The highest BCUT2D eigenvalue weighted by atomic mass is 79.9. The van der Waals surface area contributed by atoms with Crippen LogP contribution in [0, 0.1) is 0 Å². The molecule has 0 amide bonds. The van der Waals surface area contributed by atoms with Crippen LogP contribution in [0.3, 0.4) is 0 Å². The number of halogens is 1. The molecule has 1 aliphatic carbocycles. The lowest BCUT2D eigenvalue weighted by Gasteiger charge is -2.42. The minimum atomic E-state index is -3.49. The van der Waals surface area contributed by atoms with Crippen LogP contribution in [0.4, 0.5) is 0 Å². The number of rotatable bonds is 3. The Hall–Kier alpha value is 0.01000. The fourth-order valence-electron chi connectivity index (χ4n) is 3.16. The molecule has 0 spiro atoms. The minimum Gasteiger partial charge on any atom is -0.375 e. The molecule has 8 heteroatoms. The fourth-order valence-corrected chi connectivity index (χ4v) is 7.34. The average molecular weight is 395 g/mol. The van der Waals surface area contributed by atoms with Crippen molar-refractivity contribution in [3.8, 4) is 0 Å². The second-order valence-electron chi connectivity index (χ2n) is 5.43. The third-order valence-corrected chi connectivity index (χ3v) is 8.37. The second-order valence-corrected chi connectivity index (χ2v) is 9.75. The maximum absolute atomic E-state index is 13.0. The van der Waals surface area contributed by atoms with Crippen molar-refractivity contribution >= 4 is 37.3 Å². The molecule has 1 saturated heterocycles. The first kappa shape index (κ1) is 15.9. The quantitative estimate of drug-likeness (QED) is 0.853. The van der Waals surface area contributed by atoms with Crippen molar-refractivity contribution in [1.29, 1.82) is 0 Å². The predicted molar refractivity (Wildman–Crippen MR) is 85.8 cm³/mol. The number of thiophene rings is 1. The van der Waals surface area contributed by atoms with E-state index in [-0.39, 0.29) is 12.1 Å². The first-order valence-corrected chi connectivity index (χ1v) is 10.2. The summed E-state index contributed by atoms with van der Waals surface area (Å²) in [6.45, 7) is 1.27. The Morgan fingerprint density at radius 3 is 2.90 bits per heavy atom. The maximum atomic E-state index is 13.0. The Morgan fingerprint density at radius 2 is 2.19 bits per heavy atom. The highest BCUT2D eigenvalue weighted by molar-refractivity contribution is 9.11. The van der Waals surface area contributed by atoms with E-state index < -0.39 is 10.0 Å². The lowest BCUT2D eigenvalue weighted by molar-refractivity contribution is -0.0586. The molecule has 0 radical (unpaired) electrons. The number of nitrogens with two attached hydrogens (primary N) is 1. The Balaban J connectivity index is 1.94. The van der Waals surface area contributed by atoms with E-state index in [2.05, 4.69) is 15.9 Å². The van der Waals surface area contributed by atoms with Crippen molar-refractivity contribution in [1.82, 2.24) is 4.31 Å². The van der Waals surface area contributed by atoms with Crippen LogP contribution in [0.5, 0.6) is 0 Å². The van der Waals surface area contributed by atoms with E-state index in [9.17, 15) is 8.42 Å². The smallest absolute Gasteiger partial charge is 0.245 e. The van der Waals surface area contributed by atoms with Gasteiger partial charge in [0.1, 0.15) is 4.90 Å². The minimum absolute atomic E-state index is 0.0226. The van der Waals surface area contributed by atoms with Crippen LogP contribution < -0.4 is 5.73 Å². The van der Waals surface area contributed by atoms with Crippen molar-refractivity contribution in [2.75, 3.05) is 13.2 Å². The number of ether oxygens (including phenoxy) is 1. The maximum Gasteiger partial charge on any atom is 0.245 e. The summed E-state index contributed by atoms with van der Waals surface area (Å²) in [5.41, 5.74) is 5.62. The second kappa shape index (κ2) is 6.25. The van der Waals surface area contributed by atoms with Gasteiger partial charge in [-0.3, -0.25) is 0 Å². The van der Waals surface area contributed by atoms with Crippen LogP contribution in [-0.4, -0.2) is 38.0 Å². The number of nitrogens with zero attached hydrogens (tertiary/aromatic N) is 1. The summed E-state index contributed by atoms with van der Waals surface area (Å²) in [4.78, 5) is 1.22. The monoisotopic (exact) mass is 394 g/mol. The van der Waals surface area contributed by atoms with Gasteiger partial charge in [0.15, 0.2) is 0 Å². The highest BCUT2D eigenvalue weighted by Gasteiger charge is 2.41. The molecule has 2 aliphatic rings. The molecule has 3 rings (SSSR count). The van der Waals surface area contributed by atoms with E-state index in [1.54, 1.807) is 10.4 Å². The normalized spacial score (nSPS) is 27.5. The van der Waals surface area contributed by atoms with Crippen molar-refractivity contribution < 1.29 is 13.2 Å². The van der Waals surface area contributed by atoms with Crippen LogP contribution in [0.2, 0.25) is 0 Å². The average Bonchev–Trinajstić information content (AvgIpc) is 2.88. The summed E-state index contributed by atoms with van der Waals surface area (Å²) < 4.78 is 34.0. The molecule has 1 aromatic heterocycles. The van der Waals surface area contributed by atoms with Crippen molar-refractivity contribution in [3.63, 3.8) is 0 Å². The zero-order chi connectivity index (χ0) is 15.0. The Morgan fingerprint density at radius 1 is 1.43 bits per heavy atom. The van der Waals surface area contributed by atoms with E-state index in [1.807, 2.05) is 0 Å². The van der Waals surface area contributed by atoms with Gasteiger partial charge in [0.05, 0.1) is 22.5 Å². The van der Waals surface area contributed by atoms with Crippen molar-refractivity contribution in [2.24, 2.45) is 5.73 Å². The number of hydrogen-bond donors (Lipinski definition) is 1. The van der Waals surface area contributed by atoms with Crippen molar-refractivity contribution in [3.05, 3.63) is 14.7 Å². The SMILES string of the molecule is NCc1cc(S(=O)(=O)N2CCOC3CCCCC32)c(Br)s1.